The molecule has 0 aromatic heterocycles. The van der Waals surface area contributed by atoms with Crippen LogP contribution in [-0.2, 0) is 10.3 Å². The van der Waals surface area contributed by atoms with Gasteiger partial charge in [0.1, 0.15) is 0 Å². The fourth-order valence-electron chi connectivity index (χ4n) is 2.26. The van der Waals surface area contributed by atoms with Crippen LogP contribution >= 0.6 is 15.9 Å². The highest BCUT2D eigenvalue weighted by Crippen LogP contribution is 2.33. The Bertz CT molecular complexity index is 545. The lowest BCUT2D eigenvalue weighted by Gasteiger charge is -2.22. The molecular weight excluding hydrogens is 318 g/mol. The van der Waals surface area contributed by atoms with Crippen molar-refractivity contribution in [2.75, 3.05) is 0 Å². The molecule has 1 aliphatic rings. The summed E-state index contributed by atoms with van der Waals surface area (Å²) in [5.41, 5.74) is -0.0596. The summed E-state index contributed by atoms with van der Waals surface area (Å²) in [6.45, 7) is 8.08. The second-order valence-electron chi connectivity index (χ2n) is 6.01. The summed E-state index contributed by atoms with van der Waals surface area (Å²) >= 11 is 3.41. The lowest BCUT2D eigenvalue weighted by molar-refractivity contribution is -0.124. The highest BCUT2D eigenvalue weighted by atomic mass is 79.9. The van der Waals surface area contributed by atoms with Crippen molar-refractivity contribution in [1.29, 1.82) is 0 Å². The molecule has 0 radical (unpaired) electrons. The minimum atomic E-state index is -0.825. The van der Waals surface area contributed by atoms with Gasteiger partial charge >= 0.3 is 0 Å². The van der Waals surface area contributed by atoms with Crippen molar-refractivity contribution in [1.82, 2.24) is 10.6 Å². The first-order valence-electron chi connectivity index (χ1n) is 6.72. The summed E-state index contributed by atoms with van der Waals surface area (Å²) in [7, 11) is 0. The number of carbonyl (C=O) groups is 1. The Kier molecular flexibility index (Phi) is 3.91. The van der Waals surface area contributed by atoms with E-state index in [1.807, 2.05) is 52.0 Å². The molecule has 1 aliphatic heterocycles. The average molecular weight is 338 g/mol. The number of halogens is 1. The molecule has 1 aromatic rings. The van der Waals surface area contributed by atoms with E-state index < -0.39 is 5.54 Å². The average Bonchev–Trinajstić information content (AvgIpc) is 2.65. The molecule has 2 N–H and O–H groups in total. The topological polar surface area (TPSA) is 53.5 Å². The second-order valence-corrected chi connectivity index (χ2v) is 6.93. The lowest BCUT2D eigenvalue weighted by Crippen LogP contribution is -2.47. The van der Waals surface area contributed by atoms with Gasteiger partial charge in [0.2, 0.25) is 0 Å². The summed E-state index contributed by atoms with van der Waals surface area (Å²) in [6, 6.07) is 7.75. The molecule has 0 bridgehead atoms. The fourth-order valence-corrected chi connectivity index (χ4v) is 2.52. The molecule has 1 atom stereocenters. The quantitative estimate of drug-likeness (QED) is 0.871. The van der Waals surface area contributed by atoms with Gasteiger partial charge in [-0.15, -0.1) is 0 Å². The highest BCUT2D eigenvalue weighted by molar-refractivity contribution is 9.10. The van der Waals surface area contributed by atoms with Crippen LogP contribution in [0.25, 0.3) is 0 Å². The minimum Gasteiger partial charge on any atom is -0.351 e. The van der Waals surface area contributed by atoms with Crippen LogP contribution in [0.15, 0.2) is 33.7 Å². The SMILES string of the molecule is CCC1(c2ccc(Br)cc2)N=C(NC(C)(C)C)NC1=O. The largest absolute Gasteiger partial charge is 0.351 e. The number of amides is 1. The van der Waals surface area contributed by atoms with E-state index in [2.05, 4.69) is 31.6 Å². The molecule has 5 heteroatoms. The standard InChI is InChI=1S/C15H20BrN3O/c1-5-15(10-6-8-11(16)9-7-10)12(20)17-13(19-15)18-14(2,3)4/h6-9H,5H2,1-4H3,(H2,17,18,19,20). The van der Waals surface area contributed by atoms with Crippen molar-refractivity contribution in [3.63, 3.8) is 0 Å². The van der Waals surface area contributed by atoms with Gasteiger partial charge in [-0.2, -0.15) is 0 Å². The van der Waals surface area contributed by atoms with Crippen LogP contribution in [0.1, 0.15) is 39.7 Å². The Morgan fingerprint density at radius 3 is 2.40 bits per heavy atom. The summed E-state index contributed by atoms with van der Waals surface area (Å²) in [6.07, 6.45) is 0.621. The summed E-state index contributed by atoms with van der Waals surface area (Å²) < 4.78 is 0.989. The van der Waals surface area contributed by atoms with Crippen LogP contribution in [0.5, 0.6) is 0 Å². The molecule has 1 amide bonds. The molecule has 20 heavy (non-hydrogen) atoms. The highest BCUT2D eigenvalue weighted by Gasteiger charge is 2.44. The molecule has 108 valence electrons. The van der Waals surface area contributed by atoms with E-state index in [-0.39, 0.29) is 11.4 Å². The Morgan fingerprint density at radius 1 is 1.30 bits per heavy atom. The van der Waals surface area contributed by atoms with Gasteiger partial charge in [0, 0.05) is 10.0 Å². The zero-order valence-electron chi connectivity index (χ0n) is 12.2. The zero-order valence-corrected chi connectivity index (χ0v) is 13.8. The van der Waals surface area contributed by atoms with Crippen molar-refractivity contribution >= 4 is 27.8 Å². The Hall–Kier alpha value is -1.36. The van der Waals surface area contributed by atoms with Crippen LogP contribution in [-0.4, -0.2) is 17.4 Å². The maximum atomic E-state index is 12.4. The third-order valence-electron chi connectivity index (χ3n) is 3.24. The number of nitrogens with one attached hydrogen (secondary N) is 2. The first-order valence-corrected chi connectivity index (χ1v) is 7.52. The van der Waals surface area contributed by atoms with E-state index in [4.69, 9.17) is 0 Å². The van der Waals surface area contributed by atoms with Crippen LogP contribution in [0.4, 0.5) is 0 Å². The van der Waals surface area contributed by atoms with Crippen molar-refractivity contribution in [3.05, 3.63) is 34.3 Å². The second kappa shape index (κ2) is 5.20. The molecule has 4 nitrogen and oxygen atoms in total. The Morgan fingerprint density at radius 2 is 1.90 bits per heavy atom. The monoisotopic (exact) mass is 337 g/mol. The predicted molar refractivity (Wildman–Crippen MR) is 84.6 cm³/mol. The van der Waals surface area contributed by atoms with E-state index in [0.29, 0.717) is 12.4 Å². The van der Waals surface area contributed by atoms with Crippen LogP contribution in [0.3, 0.4) is 0 Å². The number of hydrogen-bond donors (Lipinski definition) is 2. The van der Waals surface area contributed by atoms with Gasteiger partial charge in [0.25, 0.3) is 5.91 Å². The van der Waals surface area contributed by atoms with Gasteiger partial charge < -0.3 is 5.32 Å². The number of carbonyl (C=O) groups excluding carboxylic acids is 1. The summed E-state index contributed by atoms with van der Waals surface area (Å²) in [5.74, 6) is 0.473. The van der Waals surface area contributed by atoms with Crippen LogP contribution in [0, 0.1) is 0 Å². The maximum absolute atomic E-state index is 12.4. The van der Waals surface area contributed by atoms with Crippen molar-refractivity contribution in [2.24, 2.45) is 4.99 Å². The summed E-state index contributed by atoms with van der Waals surface area (Å²) in [5, 5.41) is 6.08. The molecule has 0 saturated heterocycles. The molecule has 0 fully saturated rings. The normalized spacial score (nSPS) is 22.4. The van der Waals surface area contributed by atoms with Crippen molar-refractivity contribution in [2.45, 2.75) is 45.2 Å². The maximum Gasteiger partial charge on any atom is 0.259 e. The number of rotatable bonds is 2. The molecule has 0 spiro atoms. The first-order chi connectivity index (χ1) is 9.27. The van der Waals surface area contributed by atoms with Crippen molar-refractivity contribution in [3.8, 4) is 0 Å². The van der Waals surface area contributed by atoms with Gasteiger partial charge in [0.05, 0.1) is 0 Å². The van der Waals surface area contributed by atoms with Crippen molar-refractivity contribution < 1.29 is 4.79 Å². The first kappa shape index (κ1) is 15.0. The molecule has 1 unspecified atom stereocenters. The predicted octanol–water partition coefficient (Wildman–Crippen LogP) is 2.93. The molecule has 1 heterocycles. The van der Waals surface area contributed by atoms with Crippen LogP contribution in [0.2, 0.25) is 0 Å². The van der Waals surface area contributed by atoms with E-state index >= 15 is 0 Å². The van der Waals surface area contributed by atoms with Gasteiger partial charge in [-0.1, -0.05) is 35.0 Å². The molecular formula is C15H20BrN3O. The minimum absolute atomic E-state index is 0.0749. The fraction of sp³-hybridized carbons (Fsp3) is 0.467. The van der Waals surface area contributed by atoms with Gasteiger partial charge in [-0.05, 0) is 44.9 Å². The third kappa shape index (κ3) is 2.87. The number of aliphatic imine (C=N–C) groups is 1. The Balaban J connectivity index is 2.39. The number of nitrogens with zero attached hydrogens (tertiary/aromatic N) is 1. The smallest absolute Gasteiger partial charge is 0.259 e. The molecule has 0 saturated carbocycles. The third-order valence-corrected chi connectivity index (χ3v) is 3.77. The van der Waals surface area contributed by atoms with Crippen LogP contribution < -0.4 is 10.6 Å². The van der Waals surface area contributed by atoms with Gasteiger partial charge in [0.15, 0.2) is 11.5 Å². The zero-order chi connectivity index (χ0) is 15.0. The number of hydrogen-bond acceptors (Lipinski definition) is 3. The molecule has 2 rings (SSSR count). The van der Waals surface area contributed by atoms with E-state index in [1.165, 1.54) is 0 Å². The molecule has 0 aliphatic carbocycles. The van der Waals surface area contributed by atoms with Gasteiger partial charge in [-0.3, -0.25) is 10.1 Å². The van der Waals surface area contributed by atoms with E-state index in [0.717, 1.165) is 10.0 Å². The van der Waals surface area contributed by atoms with Gasteiger partial charge in [-0.25, -0.2) is 4.99 Å². The molecule has 1 aromatic carbocycles. The summed E-state index contributed by atoms with van der Waals surface area (Å²) in [4.78, 5) is 17.1. The lowest BCUT2D eigenvalue weighted by atomic mass is 9.88. The number of benzene rings is 1. The van der Waals surface area contributed by atoms with E-state index in [1.54, 1.807) is 0 Å². The number of guanidine groups is 1. The van der Waals surface area contributed by atoms with E-state index in [9.17, 15) is 4.79 Å². The Labute approximate surface area is 128 Å².